The lowest BCUT2D eigenvalue weighted by atomic mass is 10.6. The molecule has 0 aromatic rings. The van der Waals surface area contributed by atoms with E-state index < -0.39 is 0 Å². The number of nitrogens with one attached hydrogen (secondary N) is 2. The molecule has 0 aromatic heterocycles. The highest BCUT2D eigenvalue weighted by Gasteiger charge is 2.23. The van der Waals surface area contributed by atoms with Crippen molar-refractivity contribution in [3.8, 4) is 0 Å². The number of hydrogen-bond donors (Lipinski definition) is 2. The Kier molecular flexibility index (Phi) is 4.11. The number of rotatable bonds is 3. The van der Waals surface area contributed by atoms with Crippen LogP contribution in [0.5, 0.6) is 0 Å². The van der Waals surface area contributed by atoms with Gasteiger partial charge in [0, 0.05) is 11.8 Å². The highest BCUT2D eigenvalue weighted by atomic mass is 32.2. The molecule has 2 aliphatic rings. The normalized spacial score (nSPS) is 19.1. The summed E-state index contributed by atoms with van der Waals surface area (Å²) in [5.41, 5.74) is 0. The number of amides is 3. The van der Waals surface area contributed by atoms with Crippen LogP contribution in [0.2, 0.25) is 0 Å². The Morgan fingerprint density at radius 1 is 1.50 bits per heavy atom. The highest BCUT2D eigenvalue weighted by molar-refractivity contribution is 8.39. The van der Waals surface area contributed by atoms with Gasteiger partial charge in [-0.15, -0.1) is 0 Å². The minimum absolute atomic E-state index is 0.254. The van der Waals surface area contributed by atoms with E-state index in [0.717, 1.165) is 29.5 Å². The van der Waals surface area contributed by atoms with Crippen molar-refractivity contribution in [1.29, 1.82) is 0 Å². The monoisotopic (exact) mass is 259 g/mol. The Bertz CT molecular complexity index is 329. The maximum absolute atomic E-state index is 11.4. The molecule has 1 fully saturated rings. The summed E-state index contributed by atoms with van der Waals surface area (Å²) >= 11 is 3.05. The van der Waals surface area contributed by atoms with Gasteiger partial charge in [0.25, 0.3) is 0 Å². The SMILES string of the molecule is O=C(CSC1=NCCS1)NC(=O)NC1CC1. The van der Waals surface area contributed by atoms with Crippen LogP contribution in [0.4, 0.5) is 4.79 Å². The van der Waals surface area contributed by atoms with E-state index in [2.05, 4.69) is 15.6 Å². The van der Waals surface area contributed by atoms with Crippen molar-refractivity contribution in [2.24, 2.45) is 4.99 Å². The fourth-order valence-corrected chi connectivity index (χ4v) is 2.95. The van der Waals surface area contributed by atoms with Gasteiger partial charge >= 0.3 is 6.03 Å². The molecule has 1 aliphatic heterocycles. The van der Waals surface area contributed by atoms with Crippen molar-refractivity contribution in [2.45, 2.75) is 18.9 Å². The predicted molar refractivity (Wildman–Crippen MR) is 66.9 cm³/mol. The predicted octanol–water partition coefficient (Wildman–Crippen LogP) is 0.811. The Balaban J connectivity index is 1.61. The van der Waals surface area contributed by atoms with Gasteiger partial charge in [-0.3, -0.25) is 15.1 Å². The van der Waals surface area contributed by atoms with Gasteiger partial charge in [-0.05, 0) is 12.8 Å². The van der Waals surface area contributed by atoms with E-state index in [1.165, 1.54) is 11.8 Å². The van der Waals surface area contributed by atoms with Crippen LogP contribution in [0.25, 0.3) is 0 Å². The van der Waals surface area contributed by atoms with E-state index >= 15 is 0 Å². The first kappa shape index (κ1) is 11.8. The van der Waals surface area contributed by atoms with Crippen LogP contribution in [0.15, 0.2) is 4.99 Å². The fourth-order valence-electron chi connectivity index (χ4n) is 1.14. The number of carbonyl (C=O) groups excluding carboxylic acids is 2. The van der Waals surface area contributed by atoms with Crippen LogP contribution in [0, 0.1) is 0 Å². The third-order valence-electron chi connectivity index (χ3n) is 2.05. The van der Waals surface area contributed by atoms with Gasteiger partial charge in [0.15, 0.2) is 0 Å². The average molecular weight is 259 g/mol. The molecule has 0 saturated heterocycles. The summed E-state index contributed by atoms with van der Waals surface area (Å²) in [6, 6.07) is -0.107. The molecule has 0 aromatic carbocycles. The molecule has 16 heavy (non-hydrogen) atoms. The van der Waals surface area contributed by atoms with Gasteiger partial charge in [-0.1, -0.05) is 23.5 Å². The first-order valence-electron chi connectivity index (χ1n) is 5.14. The van der Waals surface area contributed by atoms with Gasteiger partial charge < -0.3 is 5.32 Å². The molecule has 2 N–H and O–H groups in total. The van der Waals surface area contributed by atoms with Crippen molar-refractivity contribution in [3.05, 3.63) is 0 Å². The van der Waals surface area contributed by atoms with Gasteiger partial charge in [0.1, 0.15) is 4.38 Å². The van der Waals surface area contributed by atoms with Crippen LogP contribution < -0.4 is 10.6 Å². The molecule has 0 unspecified atom stereocenters. The van der Waals surface area contributed by atoms with Crippen molar-refractivity contribution in [2.75, 3.05) is 18.1 Å². The van der Waals surface area contributed by atoms with Gasteiger partial charge in [0.05, 0.1) is 12.3 Å². The zero-order valence-corrected chi connectivity index (χ0v) is 10.3. The van der Waals surface area contributed by atoms with Crippen LogP contribution in [0.3, 0.4) is 0 Å². The molecule has 1 saturated carbocycles. The van der Waals surface area contributed by atoms with Crippen LogP contribution in [-0.4, -0.2) is 40.4 Å². The lowest BCUT2D eigenvalue weighted by Crippen LogP contribution is -2.41. The molecule has 0 radical (unpaired) electrons. The molecular formula is C9H13N3O2S2. The number of nitrogens with zero attached hydrogens (tertiary/aromatic N) is 1. The minimum atomic E-state index is -0.380. The summed E-state index contributed by atoms with van der Waals surface area (Å²) in [5.74, 6) is 0.981. The maximum atomic E-state index is 11.4. The zero-order valence-electron chi connectivity index (χ0n) is 8.69. The maximum Gasteiger partial charge on any atom is 0.321 e. The van der Waals surface area contributed by atoms with E-state index in [1.54, 1.807) is 11.8 Å². The smallest absolute Gasteiger partial charge is 0.321 e. The lowest BCUT2D eigenvalue weighted by Gasteiger charge is -2.04. The molecule has 5 nitrogen and oxygen atoms in total. The second-order valence-electron chi connectivity index (χ2n) is 3.58. The van der Waals surface area contributed by atoms with E-state index in [1.807, 2.05) is 0 Å². The number of urea groups is 1. The second kappa shape index (κ2) is 5.58. The number of imide groups is 1. The highest BCUT2D eigenvalue weighted by Crippen LogP contribution is 2.21. The summed E-state index contributed by atoms with van der Waals surface area (Å²) in [7, 11) is 0. The molecule has 88 valence electrons. The Labute approximate surface area is 102 Å². The minimum Gasteiger partial charge on any atom is -0.335 e. The van der Waals surface area contributed by atoms with E-state index in [0.29, 0.717) is 0 Å². The molecular weight excluding hydrogens is 246 g/mol. The Morgan fingerprint density at radius 2 is 2.31 bits per heavy atom. The summed E-state index contributed by atoms with van der Waals surface area (Å²) in [4.78, 5) is 26.8. The van der Waals surface area contributed by atoms with Crippen molar-refractivity contribution < 1.29 is 9.59 Å². The summed E-state index contributed by atoms with van der Waals surface area (Å²) in [6.45, 7) is 0.830. The molecule has 0 atom stereocenters. The number of aliphatic imine (C=N–C) groups is 1. The third kappa shape index (κ3) is 4.05. The lowest BCUT2D eigenvalue weighted by molar-refractivity contribution is -0.117. The molecule has 7 heteroatoms. The number of carbonyl (C=O) groups is 2. The number of thioether (sulfide) groups is 2. The molecule has 2 rings (SSSR count). The van der Waals surface area contributed by atoms with Crippen LogP contribution in [-0.2, 0) is 4.79 Å². The summed E-state index contributed by atoms with van der Waals surface area (Å²) in [5, 5.41) is 5.00. The topological polar surface area (TPSA) is 70.6 Å². The quantitative estimate of drug-likeness (QED) is 0.787. The number of hydrogen-bond acceptors (Lipinski definition) is 5. The van der Waals surface area contributed by atoms with Crippen molar-refractivity contribution in [1.82, 2.24) is 10.6 Å². The molecule has 1 heterocycles. The molecule has 0 bridgehead atoms. The van der Waals surface area contributed by atoms with Crippen molar-refractivity contribution >= 4 is 39.8 Å². The largest absolute Gasteiger partial charge is 0.335 e. The third-order valence-corrected chi connectivity index (χ3v) is 4.30. The van der Waals surface area contributed by atoms with Gasteiger partial charge in [-0.25, -0.2) is 4.79 Å². The molecule has 3 amide bonds. The zero-order chi connectivity index (χ0) is 11.4. The average Bonchev–Trinajstić information content (AvgIpc) is 2.89. The Morgan fingerprint density at radius 3 is 2.94 bits per heavy atom. The molecule has 1 aliphatic carbocycles. The summed E-state index contributed by atoms with van der Waals surface area (Å²) in [6.07, 6.45) is 2.04. The summed E-state index contributed by atoms with van der Waals surface area (Å²) < 4.78 is 0.942. The first-order valence-corrected chi connectivity index (χ1v) is 7.11. The Hall–Kier alpha value is -0.690. The van der Waals surface area contributed by atoms with Gasteiger partial charge in [-0.2, -0.15) is 0 Å². The van der Waals surface area contributed by atoms with E-state index in [4.69, 9.17) is 0 Å². The fraction of sp³-hybridized carbons (Fsp3) is 0.667. The van der Waals surface area contributed by atoms with Crippen LogP contribution >= 0.6 is 23.5 Å². The molecule has 0 spiro atoms. The van der Waals surface area contributed by atoms with E-state index in [9.17, 15) is 9.59 Å². The second-order valence-corrected chi connectivity index (χ2v) is 5.89. The van der Waals surface area contributed by atoms with Crippen molar-refractivity contribution in [3.63, 3.8) is 0 Å². The first-order chi connectivity index (χ1) is 7.74. The van der Waals surface area contributed by atoms with E-state index in [-0.39, 0.29) is 23.7 Å². The van der Waals surface area contributed by atoms with Crippen LogP contribution in [0.1, 0.15) is 12.8 Å². The standard InChI is InChI=1S/C9H13N3O2S2/c13-7(5-16-9-10-3-4-15-9)12-8(14)11-6-1-2-6/h6H,1-5H2,(H2,11,12,13,14). The van der Waals surface area contributed by atoms with Gasteiger partial charge in [0.2, 0.25) is 5.91 Å².